The van der Waals surface area contributed by atoms with Gasteiger partial charge in [0, 0.05) is 31.6 Å². The fraction of sp³-hybridized carbons (Fsp3) is 0.412. The van der Waals surface area contributed by atoms with E-state index in [4.69, 9.17) is 0 Å². The van der Waals surface area contributed by atoms with Crippen LogP contribution in [-0.2, 0) is 16.1 Å². The Hall–Kier alpha value is -2.70. The predicted molar refractivity (Wildman–Crippen MR) is 89.2 cm³/mol. The Bertz CT molecular complexity index is 713. The summed E-state index contributed by atoms with van der Waals surface area (Å²) in [7, 11) is 0. The molecule has 0 bridgehead atoms. The Morgan fingerprint density at radius 3 is 2.83 bits per heavy atom. The van der Waals surface area contributed by atoms with Crippen molar-refractivity contribution in [1.29, 1.82) is 0 Å². The number of pyridine rings is 1. The van der Waals surface area contributed by atoms with Crippen LogP contribution in [0.3, 0.4) is 0 Å². The number of carbonyl (C=O) groups excluding carboxylic acids is 2. The van der Waals surface area contributed by atoms with Crippen molar-refractivity contribution in [2.75, 3.05) is 11.9 Å². The zero-order valence-corrected chi connectivity index (χ0v) is 13.7. The molecule has 2 aromatic heterocycles. The van der Waals surface area contributed by atoms with E-state index in [0.717, 1.165) is 12.0 Å². The van der Waals surface area contributed by atoms with Crippen LogP contribution in [0.5, 0.6) is 0 Å². The van der Waals surface area contributed by atoms with Crippen molar-refractivity contribution in [1.82, 2.24) is 19.7 Å². The number of anilines is 1. The van der Waals surface area contributed by atoms with Crippen LogP contribution < -0.4 is 5.32 Å². The molecule has 7 nitrogen and oxygen atoms in total. The van der Waals surface area contributed by atoms with Gasteiger partial charge in [0.25, 0.3) is 0 Å². The minimum atomic E-state index is -0.413. The van der Waals surface area contributed by atoms with Gasteiger partial charge in [-0.2, -0.15) is 5.10 Å². The van der Waals surface area contributed by atoms with Gasteiger partial charge >= 0.3 is 0 Å². The molecule has 1 fully saturated rings. The third-order valence-electron chi connectivity index (χ3n) is 4.17. The molecule has 0 aromatic carbocycles. The molecule has 0 saturated carbocycles. The van der Waals surface area contributed by atoms with Crippen molar-refractivity contribution in [2.24, 2.45) is 0 Å². The van der Waals surface area contributed by atoms with Crippen molar-refractivity contribution in [3.8, 4) is 0 Å². The van der Waals surface area contributed by atoms with Crippen LogP contribution in [0.4, 0.5) is 5.69 Å². The van der Waals surface area contributed by atoms with Gasteiger partial charge in [-0.3, -0.25) is 19.3 Å². The molecular formula is C17H21N5O2. The van der Waals surface area contributed by atoms with Crippen LogP contribution in [0.1, 0.15) is 31.7 Å². The molecule has 2 aromatic rings. The van der Waals surface area contributed by atoms with Crippen molar-refractivity contribution in [3.05, 3.63) is 42.5 Å². The lowest BCUT2D eigenvalue weighted by Gasteiger charge is -2.25. The fourth-order valence-electron chi connectivity index (χ4n) is 2.96. The van der Waals surface area contributed by atoms with Gasteiger partial charge in [0.15, 0.2) is 0 Å². The number of carbonyl (C=O) groups is 2. The zero-order chi connectivity index (χ0) is 16.9. The maximum atomic E-state index is 12.5. The molecule has 2 amide bonds. The van der Waals surface area contributed by atoms with Crippen LogP contribution in [-0.4, -0.2) is 44.1 Å². The van der Waals surface area contributed by atoms with Gasteiger partial charge in [0.2, 0.25) is 11.8 Å². The molecule has 1 unspecified atom stereocenters. The molecule has 24 heavy (non-hydrogen) atoms. The van der Waals surface area contributed by atoms with E-state index in [9.17, 15) is 9.59 Å². The summed E-state index contributed by atoms with van der Waals surface area (Å²) in [6.45, 7) is 3.19. The number of nitrogens with one attached hydrogen (secondary N) is 1. The number of likely N-dealkylation sites (tertiary alicyclic amines) is 1. The Morgan fingerprint density at radius 2 is 2.17 bits per heavy atom. The smallest absolute Gasteiger partial charge is 0.247 e. The Morgan fingerprint density at radius 1 is 1.38 bits per heavy atom. The quantitative estimate of drug-likeness (QED) is 0.875. The summed E-state index contributed by atoms with van der Waals surface area (Å²) >= 11 is 0. The van der Waals surface area contributed by atoms with Crippen LogP contribution in [0, 0.1) is 0 Å². The van der Waals surface area contributed by atoms with Gasteiger partial charge < -0.3 is 10.2 Å². The average Bonchev–Trinajstić information content (AvgIpc) is 3.19. The highest BCUT2D eigenvalue weighted by Gasteiger charge is 2.31. The molecule has 3 heterocycles. The van der Waals surface area contributed by atoms with E-state index in [1.54, 1.807) is 34.4 Å². The molecule has 1 saturated heterocycles. The van der Waals surface area contributed by atoms with E-state index in [-0.39, 0.29) is 11.8 Å². The van der Waals surface area contributed by atoms with Crippen LogP contribution >= 0.6 is 0 Å². The molecular weight excluding hydrogens is 306 g/mol. The number of hydrogen-bond acceptors (Lipinski definition) is 4. The van der Waals surface area contributed by atoms with E-state index in [1.807, 2.05) is 19.1 Å². The minimum absolute atomic E-state index is 0.0605. The molecule has 1 atom stereocenters. The van der Waals surface area contributed by atoms with E-state index in [2.05, 4.69) is 15.4 Å². The van der Waals surface area contributed by atoms with Gasteiger partial charge in [-0.15, -0.1) is 0 Å². The lowest BCUT2D eigenvalue weighted by Crippen LogP contribution is -2.44. The van der Waals surface area contributed by atoms with Crippen molar-refractivity contribution in [3.63, 3.8) is 0 Å². The van der Waals surface area contributed by atoms with Gasteiger partial charge in [-0.25, -0.2) is 0 Å². The minimum Gasteiger partial charge on any atom is -0.331 e. The first-order valence-corrected chi connectivity index (χ1v) is 8.19. The van der Waals surface area contributed by atoms with E-state index in [0.29, 0.717) is 31.6 Å². The number of hydrogen-bond donors (Lipinski definition) is 1. The lowest BCUT2D eigenvalue weighted by molar-refractivity contribution is -0.135. The van der Waals surface area contributed by atoms with Crippen molar-refractivity contribution in [2.45, 2.75) is 38.8 Å². The van der Waals surface area contributed by atoms with E-state index in [1.165, 1.54) is 0 Å². The first-order chi connectivity index (χ1) is 11.7. The summed E-state index contributed by atoms with van der Waals surface area (Å²) in [6.07, 6.45) is 8.85. The largest absolute Gasteiger partial charge is 0.331 e. The van der Waals surface area contributed by atoms with Crippen molar-refractivity contribution < 1.29 is 9.59 Å². The summed E-state index contributed by atoms with van der Waals surface area (Å²) < 4.78 is 1.76. The summed E-state index contributed by atoms with van der Waals surface area (Å²) in [4.78, 5) is 30.0. The normalized spacial score (nSPS) is 15.5. The summed E-state index contributed by atoms with van der Waals surface area (Å²) in [5.41, 5.74) is 1.72. The molecule has 7 heteroatoms. The SMILES string of the molecule is CCC(C(=O)Nc1cnn(Cc2ccncc2)c1)N1CCCC1=O. The molecule has 1 aliphatic heterocycles. The predicted octanol–water partition coefficient (Wildman–Crippen LogP) is 1.67. The first-order valence-electron chi connectivity index (χ1n) is 8.19. The monoisotopic (exact) mass is 327 g/mol. The highest BCUT2D eigenvalue weighted by molar-refractivity contribution is 5.97. The fourth-order valence-corrected chi connectivity index (χ4v) is 2.96. The van der Waals surface area contributed by atoms with E-state index >= 15 is 0 Å². The van der Waals surface area contributed by atoms with Crippen LogP contribution in [0.25, 0.3) is 0 Å². The molecule has 0 spiro atoms. The summed E-state index contributed by atoms with van der Waals surface area (Å²) in [6, 6.07) is 3.43. The molecule has 3 rings (SSSR count). The van der Waals surface area contributed by atoms with Crippen molar-refractivity contribution >= 4 is 17.5 Å². The highest BCUT2D eigenvalue weighted by Crippen LogP contribution is 2.17. The topological polar surface area (TPSA) is 80.1 Å². The third-order valence-corrected chi connectivity index (χ3v) is 4.17. The second-order valence-electron chi connectivity index (χ2n) is 5.89. The van der Waals surface area contributed by atoms with Crippen LogP contribution in [0.2, 0.25) is 0 Å². The number of aromatic nitrogens is 3. The van der Waals surface area contributed by atoms with E-state index < -0.39 is 6.04 Å². The first kappa shape index (κ1) is 16.2. The Kier molecular flexibility index (Phi) is 4.88. The standard InChI is InChI=1S/C17H21N5O2/c1-2-15(22-9-3-4-16(22)23)17(24)20-14-10-19-21(12-14)11-13-5-7-18-8-6-13/h5-8,10,12,15H,2-4,9,11H2,1H3,(H,20,24). The molecule has 1 aliphatic rings. The summed E-state index contributed by atoms with van der Waals surface area (Å²) in [5, 5.41) is 7.13. The second-order valence-corrected chi connectivity index (χ2v) is 5.89. The Balaban J connectivity index is 1.63. The molecule has 0 aliphatic carbocycles. The molecule has 0 radical (unpaired) electrons. The maximum absolute atomic E-state index is 12.5. The van der Waals surface area contributed by atoms with Gasteiger partial charge in [0.1, 0.15) is 6.04 Å². The maximum Gasteiger partial charge on any atom is 0.247 e. The second kappa shape index (κ2) is 7.25. The molecule has 1 N–H and O–H groups in total. The number of amides is 2. The number of rotatable bonds is 6. The Labute approximate surface area is 140 Å². The van der Waals surface area contributed by atoms with Gasteiger partial charge in [-0.1, -0.05) is 6.92 Å². The van der Waals surface area contributed by atoms with Gasteiger partial charge in [-0.05, 0) is 30.5 Å². The average molecular weight is 327 g/mol. The van der Waals surface area contributed by atoms with Crippen LogP contribution in [0.15, 0.2) is 36.9 Å². The third kappa shape index (κ3) is 3.61. The zero-order valence-electron chi connectivity index (χ0n) is 13.7. The molecule has 126 valence electrons. The highest BCUT2D eigenvalue weighted by atomic mass is 16.2. The lowest BCUT2D eigenvalue weighted by atomic mass is 10.2. The number of nitrogens with zero attached hydrogens (tertiary/aromatic N) is 4. The van der Waals surface area contributed by atoms with Gasteiger partial charge in [0.05, 0.1) is 18.4 Å². The summed E-state index contributed by atoms with van der Waals surface area (Å²) in [5.74, 6) is -0.0957.